The van der Waals surface area contributed by atoms with Crippen molar-refractivity contribution in [2.45, 2.75) is 38.6 Å². The van der Waals surface area contributed by atoms with Crippen molar-refractivity contribution in [3.05, 3.63) is 41.3 Å². The summed E-state index contributed by atoms with van der Waals surface area (Å²) < 4.78 is 43.2. The molecule has 5 nitrogen and oxygen atoms in total. The molecule has 0 bridgehead atoms. The van der Waals surface area contributed by atoms with E-state index >= 15 is 0 Å². The molecule has 0 unspecified atom stereocenters. The molecule has 0 aliphatic carbocycles. The maximum atomic E-state index is 12.5. The number of hydrogen-bond acceptors (Lipinski definition) is 4. The number of aryl methyl sites for hydroxylation is 1. The molecule has 0 spiro atoms. The average Bonchev–Trinajstić information content (AvgIpc) is 2.94. The highest BCUT2D eigenvalue weighted by atomic mass is 19.4. The van der Waals surface area contributed by atoms with E-state index in [2.05, 4.69) is 20.1 Å². The number of aromatic amines is 1. The fourth-order valence-corrected chi connectivity index (χ4v) is 2.76. The van der Waals surface area contributed by atoms with Gasteiger partial charge in [0.25, 0.3) is 0 Å². The SMILES string of the molecule is Cc1cc(CN2CCC(Oc3ccc(C(F)(F)F)cn3)CC2)n[nH]1. The van der Waals surface area contributed by atoms with Gasteiger partial charge in [-0.15, -0.1) is 0 Å². The van der Waals surface area contributed by atoms with Crippen LogP contribution in [0.3, 0.4) is 0 Å². The van der Waals surface area contributed by atoms with Crippen LogP contribution >= 0.6 is 0 Å². The molecular weight excluding hydrogens is 321 g/mol. The predicted octanol–water partition coefficient (Wildman–Crippen LogP) is 3.18. The minimum Gasteiger partial charge on any atom is -0.474 e. The van der Waals surface area contributed by atoms with Gasteiger partial charge in [0.05, 0.1) is 11.3 Å². The maximum Gasteiger partial charge on any atom is 0.417 e. The van der Waals surface area contributed by atoms with Crippen LogP contribution < -0.4 is 4.74 Å². The normalized spacial score (nSPS) is 17.2. The molecule has 3 rings (SSSR count). The first kappa shape index (κ1) is 16.8. The van der Waals surface area contributed by atoms with Gasteiger partial charge >= 0.3 is 6.18 Å². The highest BCUT2D eigenvalue weighted by Crippen LogP contribution is 2.29. The topological polar surface area (TPSA) is 54.0 Å². The van der Waals surface area contributed by atoms with Crippen LogP contribution in [-0.4, -0.2) is 39.3 Å². The summed E-state index contributed by atoms with van der Waals surface area (Å²) in [5.74, 6) is 0.240. The number of rotatable bonds is 4. The summed E-state index contributed by atoms with van der Waals surface area (Å²) in [5.41, 5.74) is 1.28. The lowest BCUT2D eigenvalue weighted by Gasteiger charge is -2.31. The lowest BCUT2D eigenvalue weighted by molar-refractivity contribution is -0.137. The number of pyridine rings is 1. The zero-order valence-corrected chi connectivity index (χ0v) is 13.3. The van der Waals surface area contributed by atoms with Gasteiger partial charge in [-0.1, -0.05) is 0 Å². The number of piperidine rings is 1. The Kier molecular flexibility index (Phi) is 4.75. The van der Waals surface area contributed by atoms with Crippen LogP contribution in [0.5, 0.6) is 5.88 Å². The first-order valence-corrected chi connectivity index (χ1v) is 7.83. The summed E-state index contributed by atoms with van der Waals surface area (Å²) in [6.45, 7) is 4.47. The minimum absolute atomic E-state index is 0.0218. The van der Waals surface area contributed by atoms with Crippen LogP contribution in [0.2, 0.25) is 0 Å². The molecular formula is C16H19F3N4O. The predicted molar refractivity (Wildman–Crippen MR) is 81.5 cm³/mol. The monoisotopic (exact) mass is 340 g/mol. The van der Waals surface area contributed by atoms with Crippen molar-refractivity contribution >= 4 is 0 Å². The lowest BCUT2D eigenvalue weighted by atomic mass is 10.1. The zero-order chi connectivity index (χ0) is 17.2. The number of hydrogen-bond donors (Lipinski definition) is 1. The standard InChI is InChI=1S/C16H19F3N4O/c1-11-8-13(22-21-11)10-23-6-4-14(5-7-23)24-15-3-2-12(9-20-15)16(17,18)19/h2-3,8-9,14H,4-7,10H2,1H3,(H,21,22). The summed E-state index contributed by atoms with van der Waals surface area (Å²) in [7, 11) is 0. The Morgan fingerprint density at radius 3 is 2.58 bits per heavy atom. The molecule has 2 aromatic rings. The van der Waals surface area contributed by atoms with Gasteiger partial charge in [-0.2, -0.15) is 18.3 Å². The highest BCUT2D eigenvalue weighted by molar-refractivity contribution is 5.20. The van der Waals surface area contributed by atoms with Gasteiger partial charge in [0.15, 0.2) is 0 Å². The molecule has 1 saturated heterocycles. The van der Waals surface area contributed by atoms with Crippen LogP contribution in [-0.2, 0) is 12.7 Å². The van der Waals surface area contributed by atoms with Gasteiger partial charge in [-0.3, -0.25) is 10.00 Å². The quantitative estimate of drug-likeness (QED) is 0.929. The highest BCUT2D eigenvalue weighted by Gasteiger charge is 2.31. The number of ether oxygens (including phenoxy) is 1. The molecule has 0 saturated carbocycles. The van der Waals surface area contributed by atoms with E-state index in [-0.39, 0.29) is 12.0 Å². The van der Waals surface area contributed by atoms with Crippen LogP contribution in [0, 0.1) is 6.92 Å². The Bertz CT molecular complexity index is 661. The Morgan fingerprint density at radius 2 is 2.04 bits per heavy atom. The van der Waals surface area contributed by atoms with Crippen molar-refractivity contribution < 1.29 is 17.9 Å². The molecule has 8 heteroatoms. The largest absolute Gasteiger partial charge is 0.474 e. The van der Waals surface area contributed by atoms with Crippen molar-refractivity contribution in [3.63, 3.8) is 0 Å². The van der Waals surface area contributed by atoms with E-state index in [1.165, 1.54) is 6.07 Å². The van der Waals surface area contributed by atoms with Crippen LogP contribution in [0.15, 0.2) is 24.4 Å². The van der Waals surface area contributed by atoms with E-state index in [0.29, 0.717) is 0 Å². The van der Waals surface area contributed by atoms with Gasteiger partial charge in [-0.05, 0) is 31.9 Å². The van der Waals surface area contributed by atoms with E-state index in [9.17, 15) is 13.2 Å². The second-order valence-corrected chi connectivity index (χ2v) is 6.02. The van der Waals surface area contributed by atoms with Gasteiger partial charge in [0, 0.05) is 37.6 Å². The van der Waals surface area contributed by atoms with Crippen molar-refractivity contribution in [2.75, 3.05) is 13.1 Å². The molecule has 1 aliphatic rings. The fraction of sp³-hybridized carbons (Fsp3) is 0.500. The van der Waals surface area contributed by atoms with E-state index in [4.69, 9.17) is 4.74 Å². The third-order valence-electron chi connectivity index (χ3n) is 4.03. The molecule has 0 atom stereocenters. The van der Waals surface area contributed by atoms with Crippen molar-refractivity contribution in [2.24, 2.45) is 0 Å². The molecule has 1 aliphatic heterocycles. The third-order valence-corrected chi connectivity index (χ3v) is 4.03. The second kappa shape index (κ2) is 6.80. The number of nitrogens with zero attached hydrogens (tertiary/aromatic N) is 3. The molecule has 3 heterocycles. The van der Waals surface area contributed by atoms with Crippen LogP contribution in [0.25, 0.3) is 0 Å². The summed E-state index contributed by atoms with van der Waals surface area (Å²) >= 11 is 0. The van der Waals surface area contributed by atoms with Crippen LogP contribution in [0.1, 0.15) is 29.8 Å². The molecule has 0 amide bonds. The Morgan fingerprint density at radius 1 is 1.29 bits per heavy atom. The van der Waals surface area contributed by atoms with Crippen LogP contribution in [0.4, 0.5) is 13.2 Å². The van der Waals surface area contributed by atoms with E-state index in [1.807, 2.05) is 13.0 Å². The summed E-state index contributed by atoms with van der Waals surface area (Å²) in [5, 5.41) is 7.15. The average molecular weight is 340 g/mol. The molecule has 1 fully saturated rings. The Labute approximate surface area is 137 Å². The third kappa shape index (κ3) is 4.25. The number of nitrogens with one attached hydrogen (secondary N) is 1. The zero-order valence-electron chi connectivity index (χ0n) is 13.3. The molecule has 24 heavy (non-hydrogen) atoms. The number of likely N-dealkylation sites (tertiary alicyclic amines) is 1. The van der Waals surface area contributed by atoms with E-state index in [0.717, 1.165) is 56.1 Å². The second-order valence-electron chi connectivity index (χ2n) is 6.02. The Balaban J connectivity index is 1.48. The van der Waals surface area contributed by atoms with Gasteiger partial charge in [0.2, 0.25) is 5.88 Å². The summed E-state index contributed by atoms with van der Waals surface area (Å²) in [6.07, 6.45) is -1.96. The molecule has 2 aromatic heterocycles. The lowest BCUT2D eigenvalue weighted by Crippen LogP contribution is -2.38. The first-order chi connectivity index (χ1) is 11.4. The molecule has 0 aromatic carbocycles. The van der Waals surface area contributed by atoms with Crippen molar-refractivity contribution in [1.82, 2.24) is 20.1 Å². The number of aromatic nitrogens is 3. The Hall–Kier alpha value is -2.09. The summed E-state index contributed by atoms with van der Waals surface area (Å²) in [6, 6.07) is 4.30. The number of alkyl halides is 3. The first-order valence-electron chi connectivity index (χ1n) is 7.83. The maximum absolute atomic E-state index is 12.5. The van der Waals surface area contributed by atoms with Crippen molar-refractivity contribution in [3.8, 4) is 5.88 Å². The number of halogens is 3. The fourth-order valence-electron chi connectivity index (χ4n) is 2.76. The minimum atomic E-state index is -4.37. The van der Waals surface area contributed by atoms with E-state index in [1.54, 1.807) is 0 Å². The van der Waals surface area contributed by atoms with E-state index < -0.39 is 11.7 Å². The van der Waals surface area contributed by atoms with Crippen molar-refractivity contribution in [1.29, 1.82) is 0 Å². The summed E-state index contributed by atoms with van der Waals surface area (Å²) in [4.78, 5) is 6.05. The van der Waals surface area contributed by atoms with Gasteiger partial charge in [0.1, 0.15) is 6.10 Å². The number of H-pyrrole nitrogens is 1. The molecule has 1 N–H and O–H groups in total. The van der Waals surface area contributed by atoms with Gasteiger partial charge < -0.3 is 4.74 Å². The molecule has 130 valence electrons. The van der Waals surface area contributed by atoms with Gasteiger partial charge in [-0.25, -0.2) is 4.98 Å². The molecule has 0 radical (unpaired) electrons. The smallest absolute Gasteiger partial charge is 0.417 e.